The van der Waals surface area contributed by atoms with Crippen molar-refractivity contribution in [2.45, 2.75) is 26.8 Å². The molecule has 0 bridgehead atoms. The highest BCUT2D eigenvalue weighted by Crippen LogP contribution is 2.23. The zero-order valence-corrected chi connectivity index (χ0v) is 13.3. The number of rotatable bonds is 5. The first-order valence-corrected chi connectivity index (χ1v) is 7.51. The number of halogens is 1. The van der Waals surface area contributed by atoms with Crippen LogP contribution >= 0.6 is 22.6 Å². The summed E-state index contributed by atoms with van der Waals surface area (Å²) in [6.45, 7) is 5.65. The first-order chi connectivity index (χ1) is 8.88. The monoisotopic (exact) mass is 376 g/mol. The smallest absolute Gasteiger partial charge is 0.285 e. The van der Waals surface area contributed by atoms with Crippen LogP contribution in [0.5, 0.6) is 0 Å². The van der Waals surface area contributed by atoms with Gasteiger partial charge in [0.2, 0.25) is 0 Å². The molecule has 0 saturated carbocycles. The van der Waals surface area contributed by atoms with Crippen molar-refractivity contribution in [3.63, 3.8) is 0 Å². The molecule has 1 N–H and O–H groups in total. The van der Waals surface area contributed by atoms with Crippen molar-refractivity contribution in [2.24, 2.45) is 5.92 Å². The molecule has 0 spiro atoms. The summed E-state index contributed by atoms with van der Waals surface area (Å²) >= 11 is 2.20. The Kier molecular flexibility index (Phi) is 5.71. The van der Waals surface area contributed by atoms with Crippen molar-refractivity contribution in [1.29, 1.82) is 0 Å². The van der Waals surface area contributed by atoms with E-state index in [9.17, 15) is 14.9 Å². The number of nitrogens with one attached hydrogen (secondary N) is 1. The summed E-state index contributed by atoms with van der Waals surface area (Å²) in [6.07, 6.45) is 0. The summed E-state index contributed by atoms with van der Waals surface area (Å²) in [5.41, 5.74) is 0.504. The second kappa shape index (κ2) is 6.83. The van der Waals surface area contributed by atoms with Crippen LogP contribution in [0.25, 0.3) is 0 Å². The van der Waals surface area contributed by atoms with Crippen molar-refractivity contribution in [1.82, 2.24) is 5.32 Å². The Morgan fingerprint density at radius 1 is 1.47 bits per heavy atom. The number of carbonyl (C=O) groups excluding carboxylic acids is 1. The van der Waals surface area contributed by atoms with E-state index in [0.717, 1.165) is 4.43 Å². The average Bonchev–Trinajstić information content (AvgIpc) is 2.34. The highest BCUT2D eigenvalue weighted by molar-refractivity contribution is 14.1. The van der Waals surface area contributed by atoms with E-state index in [4.69, 9.17) is 0 Å². The largest absolute Gasteiger partial charge is 0.348 e. The molecule has 19 heavy (non-hydrogen) atoms. The average molecular weight is 376 g/mol. The van der Waals surface area contributed by atoms with E-state index in [1.807, 2.05) is 13.8 Å². The Bertz CT molecular complexity index is 489. The topological polar surface area (TPSA) is 72.2 Å². The van der Waals surface area contributed by atoms with Gasteiger partial charge in [-0.1, -0.05) is 48.6 Å². The number of carbonyl (C=O) groups is 1. The number of nitro groups is 1. The number of nitro benzene ring substituents is 1. The predicted octanol–water partition coefficient (Wildman–Crippen LogP) is 3.09. The number of amides is 1. The summed E-state index contributed by atoms with van der Waals surface area (Å²) in [5, 5.41) is 13.9. The van der Waals surface area contributed by atoms with Crippen molar-refractivity contribution in [3.05, 3.63) is 39.4 Å². The highest BCUT2D eigenvalue weighted by Gasteiger charge is 2.24. The molecule has 1 aromatic carbocycles. The fourth-order valence-electron chi connectivity index (χ4n) is 1.71. The Balaban J connectivity index is 3.07. The molecular formula is C13H17IN2O3. The standard InChI is InChI=1S/C13H17IN2O3/c1-8(2)11(7-14)15-13(17)10-6-4-5-9(3)12(10)16(18)19/h4-6,8,11H,7H2,1-3H3,(H,15,17). The normalized spacial score (nSPS) is 12.3. The van der Waals surface area contributed by atoms with Crippen molar-refractivity contribution >= 4 is 34.2 Å². The molecule has 104 valence electrons. The molecular weight excluding hydrogens is 359 g/mol. The van der Waals surface area contributed by atoms with Crippen LogP contribution in [-0.2, 0) is 0 Å². The van der Waals surface area contributed by atoms with Gasteiger partial charge in [0, 0.05) is 16.0 Å². The second-order valence-electron chi connectivity index (χ2n) is 4.71. The molecule has 0 aliphatic heterocycles. The molecule has 0 heterocycles. The summed E-state index contributed by atoms with van der Waals surface area (Å²) in [7, 11) is 0. The molecule has 5 nitrogen and oxygen atoms in total. The van der Waals surface area contributed by atoms with Gasteiger partial charge in [-0.15, -0.1) is 0 Å². The van der Waals surface area contributed by atoms with E-state index in [1.165, 1.54) is 6.07 Å². The van der Waals surface area contributed by atoms with E-state index < -0.39 is 4.92 Å². The van der Waals surface area contributed by atoms with Gasteiger partial charge >= 0.3 is 0 Å². The van der Waals surface area contributed by atoms with E-state index in [-0.39, 0.29) is 29.1 Å². The SMILES string of the molecule is Cc1cccc(C(=O)NC(CI)C(C)C)c1[N+](=O)[O-]. The number of aryl methyl sites for hydroxylation is 1. The minimum atomic E-state index is -0.501. The van der Waals surface area contributed by atoms with Crippen LogP contribution in [0.3, 0.4) is 0 Å². The van der Waals surface area contributed by atoms with E-state index in [1.54, 1.807) is 19.1 Å². The molecule has 0 aliphatic carbocycles. The lowest BCUT2D eigenvalue weighted by Gasteiger charge is -2.20. The first kappa shape index (κ1) is 15.9. The fourth-order valence-corrected chi connectivity index (χ4v) is 2.95. The van der Waals surface area contributed by atoms with Crippen molar-refractivity contribution < 1.29 is 9.72 Å². The van der Waals surface area contributed by atoms with Crippen molar-refractivity contribution in [3.8, 4) is 0 Å². The van der Waals surface area contributed by atoms with Crippen molar-refractivity contribution in [2.75, 3.05) is 4.43 Å². The number of para-hydroxylation sites is 1. The van der Waals surface area contributed by atoms with Gasteiger partial charge in [0.15, 0.2) is 0 Å². The number of hydrogen-bond donors (Lipinski definition) is 1. The maximum atomic E-state index is 12.2. The highest BCUT2D eigenvalue weighted by atomic mass is 127. The number of nitrogens with zero attached hydrogens (tertiary/aromatic N) is 1. The van der Waals surface area contributed by atoms with Gasteiger partial charge in [0.1, 0.15) is 5.56 Å². The Labute approximate surface area is 126 Å². The van der Waals surface area contributed by atoms with E-state index >= 15 is 0 Å². The molecule has 1 amide bonds. The van der Waals surface area contributed by atoms with Crippen LogP contribution in [-0.4, -0.2) is 21.3 Å². The number of benzene rings is 1. The summed E-state index contributed by atoms with van der Waals surface area (Å²) < 4.78 is 0.765. The second-order valence-corrected chi connectivity index (χ2v) is 5.59. The van der Waals surface area contributed by atoms with Gasteiger partial charge in [-0.2, -0.15) is 0 Å². The molecule has 0 saturated heterocycles. The maximum absolute atomic E-state index is 12.2. The quantitative estimate of drug-likeness (QED) is 0.372. The number of hydrogen-bond acceptors (Lipinski definition) is 3. The lowest BCUT2D eigenvalue weighted by atomic mass is 10.0. The van der Waals surface area contributed by atoms with Gasteiger partial charge in [0.05, 0.1) is 4.92 Å². The van der Waals surface area contributed by atoms with Gasteiger partial charge in [0.25, 0.3) is 11.6 Å². The van der Waals surface area contributed by atoms with Gasteiger partial charge in [-0.3, -0.25) is 14.9 Å². The molecule has 0 aliphatic rings. The van der Waals surface area contributed by atoms with Gasteiger partial charge < -0.3 is 5.32 Å². The molecule has 6 heteroatoms. The first-order valence-electron chi connectivity index (χ1n) is 5.99. The zero-order valence-electron chi connectivity index (χ0n) is 11.1. The molecule has 1 unspecified atom stereocenters. The minimum Gasteiger partial charge on any atom is -0.348 e. The summed E-state index contributed by atoms with van der Waals surface area (Å²) in [5.74, 6) is -0.101. The third-order valence-electron chi connectivity index (χ3n) is 2.95. The molecule has 0 radical (unpaired) electrons. The third kappa shape index (κ3) is 3.89. The summed E-state index contributed by atoms with van der Waals surface area (Å²) in [6, 6.07) is 4.79. The molecule has 1 aromatic rings. The Morgan fingerprint density at radius 2 is 2.11 bits per heavy atom. The van der Waals surface area contributed by atoms with Crippen LogP contribution in [0.4, 0.5) is 5.69 Å². The number of alkyl halides is 1. The zero-order chi connectivity index (χ0) is 14.6. The lowest BCUT2D eigenvalue weighted by molar-refractivity contribution is -0.385. The van der Waals surface area contributed by atoms with Crippen LogP contribution in [0.1, 0.15) is 29.8 Å². The van der Waals surface area contributed by atoms with Crippen LogP contribution in [0, 0.1) is 23.0 Å². The predicted molar refractivity (Wildman–Crippen MR) is 82.8 cm³/mol. The third-order valence-corrected chi connectivity index (χ3v) is 3.90. The molecule has 1 atom stereocenters. The van der Waals surface area contributed by atoms with Crippen LogP contribution in [0.15, 0.2) is 18.2 Å². The molecule has 1 rings (SSSR count). The van der Waals surface area contributed by atoms with E-state index in [2.05, 4.69) is 27.9 Å². The Hall–Kier alpha value is -1.18. The van der Waals surface area contributed by atoms with Gasteiger partial charge in [-0.05, 0) is 18.9 Å². The van der Waals surface area contributed by atoms with Crippen LogP contribution in [0.2, 0.25) is 0 Å². The fraction of sp³-hybridized carbons (Fsp3) is 0.462. The maximum Gasteiger partial charge on any atom is 0.285 e. The lowest BCUT2D eigenvalue weighted by Crippen LogP contribution is -2.40. The summed E-state index contributed by atoms with van der Waals surface area (Å²) in [4.78, 5) is 22.7. The van der Waals surface area contributed by atoms with E-state index in [0.29, 0.717) is 5.56 Å². The Morgan fingerprint density at radius 3 is 2.58 bits per heavy atom. The molecule has 0 fully saturated rings. The van der Waals surface area contributed by atoms with Crippen LogP contribution < -0.4 is 5.32 Å². The molecule has 0 aromatic heterocycles. The van der Waals surface area contributed by atoms with Gasteiger partial charge in [-0.25, -0.2) is 0 Å². The minimum absolute atomic E-state index is 0.00761.